The van der Waals surface area contributed by atoms with Gasteiger partial charge in [0.2, 0.25) is 0 Å². The molecule has 0 saturated carbocycles. The van der Waals surface area contributed by atoms with Gasteiger partial charge in [-0.1, -0.05) is 0 Å². The maximum Gasteiger partial charge on any atom is 0.253 e. The van der Waals surface area contributed by atoms with Crippen LogP contribution in [0.1, 0.15) is 37.0 Å². The molecule has 0 aromatic carbocycles. The average molecular weight is 304 g/mol. The van der Waals surface area contributed by atoms with E-state index in [2.05, 4.69) is 34.3 Å². The van der Waals surface area contributed by atoms with Crippen molar-refractivity contribution in [1.29, 1.82) is 0 Å². The quantitative estimate of drug-likeness (QED) is 0.905. The number of ether oxygens (including phenoxy) is 1. The molecule has 2 aliphatic heterocycles. The first-order chi connectivity index (χ1) is 10.6. The first kappa shape index (κ1) is 15.4. The van der Waals surface area contributed by atoms with Crippen molar-refractivity contribution in [3.05, 3.63) is 24.0 Å². The number of nitrogens with one attached hydrogen (secondary N) is 1. The Balaban J connectivity index is 1.73. The van der Waals surface area contributed by atoms with Crippen molar-refractivity contribution >= 4 is 5.91 Å². The van der Waals surface area contributed by atoms with Crippen LogP contribution in [0.15, 0.2) is 18.5 Å². The minimum absolute atomic E-state index is 0.0297. The third-order valence-electron chi connectivity index (χ3n) is 4.68. The predicted molar refractivity (Wildman–Crippen MR) is 82.5 cm³/mol. The number of nitrogens with zero attached hydrogens (tertiary/aromatic N) is 3. The van der Waals surface area contributed by atoms with Gasteiger partial charge in [0.05, 0.1) is 30.1 Å². The van der Waals surface area contributed by atoms with Crippen molar-refractivity contribution in [2.75, 3.05) is 19.7 Å². The number of hydrogen-bond acceptors (Lipinski definition) is 5. The normalized spacial score (nSPS) is 29.1. The summed E-state index contributed by atoms with van der Waals surface area (Å²) in [4.78, 5) is 14.8. The number of hydrogen-bond donors (Lipinski definition) is 1. The fourth-order valence-corrected chi connectivity index (χ4v) is 3.46. The molecule has 0 aliphatic carbocycles. The highest BCUT2D eigenvalue weighted by Crippen LogP contribution is 2.29. The van der Waals surface area contributed by atoms with Crippen LogP contribution >= 0.6 is 0 Å². The van der Waals surface area contributed by atoms with Gasteiger partial charge in [-0.05, 0) is 38.7 Å². The summed E-state index contributed by atoms with van der Waals surface area (Å²) in [6, 6.07) is 2.19. The van der Waals surface area contributed by atoms with E-state index in [1.165, 1.54) is 18.8 Å². The number of fused-ring (bicyclic) bond motifs is 1. The van der Waals surface area contributed by atoms with E-state index in [9.17, 15) is 4.79 Å². The van der Waals surface area contributed by atoms with Crippen LogP contribution in [0.25, 0.3) is 0 Å². The number of likely N-dealkylation sites (tertiary alicyclic amines) is 1. The molecule has 1 N–H and O–H groups in total. The summed E-state index contributed by atoms with van der Waals surface area (Å²) in [6.07, 6.45) is 5.45. The number of rotatable bonds is 3. The molecule has 2 saturated heterocycles. The Morgan fingerprint density at radius 1 is 1.41 bits per heavy atom. The maximum atomic E-state index is 12.4. The largest absolute Gasteiger partial charge is 0.376 e. The lowest BCUT2D eigenvalue weighted by molar-refractivity contribution is -0.0881. The fraction of sp³-hybridized carbons (Fsp3) is 0.688. The zero-order chi connectivity index (χ0) is 15.5. The van der Waals surface area contributed by atoms with Crippen LogP contribution in [-0.4, -0.2) is 58.9 Å². The Morgan fingerprint density at radius 2 is 2.27 bits per heavy atom. The first-order valence-electron chi connectivity index (χ1n) is 8.08. The molecule has 3 atom stereocenters. The van der Waals surface area contributed by atoms with Crippen molar-refractivity contribution in [3.8, 4) is 0 Å². The summed E-state index contributed by atoms with van der Waals surface area (Å²) in [5.41, 5.74) is 0.545. The third-order valence-corrected chi connectivity index (χ3v) is 4.68. The Labute approximate surface area is 131 Å². The molecule has 0 unspecified atom stereocenters. The van der Waals surface area contributed by atoms with E-state index in [4.69, 9.17) is 4.74 Å². The van der Waals surface area contributed by atoms with E-state index in [-0.39, 0.29) is 18.1 Å². The van der Waals surface area contributed by atoms with Crippen molar-refractivity contribution in [3.63, 3.8) is 0 Å². The van der Waals surface area contributed by atoms with E-state index in [0.717, 1.165) is 26.1 Å². The molecule has 2 fully saturated rings. The number of piperidine rings is 1. The molecule has 22 heavy (non-hydrogen) atoms. The highest BCUT2D eigenvalue weighted by atomic mass is 16.5. The Bertz CT molecular complexity index is 508. The van der Waals surface area contributed by atoms with Gasteiger partial charge >= 0.3 is 0 Å². The molecule has 2 aliphatic rings. The van der Waals surface area contributed by atoms with Gasteiger partial charge < -0.3 is 10.1 Å². The van der Waals surface area contributed by atoms with Crippen molar-refractivity contribution in [2.24, 2.45) is 5.92 Å². The number of aromatic nitrogens is 2. The minimum Gasteiger partial charge on any atom is -0.376 e. The topological polar surface area (TPSA) is 67.3 Å². The third kappa shape index (κ3) is 3.28. The van der Waals surface area contributed by atoms with Crippen molar-refractivity contribution in [1.82, 2.24) is 20.4 Å². The van der Waals surface area contributed by atoms with E-state index >= 15 is 0 Å². The summed E-state index contributed by atoms with van der Waals surface area (Å²) in [6.45, 7) is 7.10. The van der Waals surface area contributed by atoms with Crippen LogP contribution < -0.4 is 5.32 Å². The van der Waals surface area contributed by atoms with Gasteiger partial charge in [0.25, 0.3) is 5.91 Å². The number of carbonyl (C=O) groups is 1. The van der Waals surface area contributed by atoms with E-state index in [1.54, 1.807) is 6.07 Å². The van der Waals surface area contributed by atoms with Gasteiger partial charge in [-0.3, -0.25) is 9.69 Å². The minimum atomic E-state index is -0.0987. The Hall–Kier alpha value is -1.53. The van der Waals surface area contributed by atoms with E-state index in [1.807, 2.05) is 0 Å². The van der Waals surface area contributed by atoms with Gasteiger partial charge in [0.1, 0.15) is 0 Å². The molecule has 1 aromatic rings. The molecule has 1 amide bonds. The maximum absolute atomic E-state index is 12.4. The highest BCUT2D eigenvalue weighted by molar-refractivity contribution is 5.94. The standard InChI is InChI=1S/C16H24N4O2/c1-11(2)20-9-13-4-3-7-22-15(13)14(10-20)19-16(21)12-5-6-17-18-8-12/h5-6,8,11,13-15H,3-4,7,9-10H2,1-2H3,(H,19,21)/t13-,14+,15-/m0/s1. The van der Waals surface area contributed by atoms with Crippen LogP contribution in [0, 0.1) is 5.92 Å². The van der Waals surface area contributed by atoms with Gasteiger partial charge in [0, 0.05) is 25.7 Å². The second-order valence-electron chi connectivity index (χ2n) is 6.50. The summed E-state index contributed by atoms with van der Waals surface area (Å²) in [5.74, 6) is 0.407. The molecular formula is C16H24N4O2. The van der Waals surface area contributed by atoms with Crippen LogP contribution in [0.5, 0.6) is 0 Å². The SMILES string of the molecule is CC(C)N1C[C@@H]2CCCO[C@@H]2[C@H](NC(=O)c2ccnnc2)C1. The molecule has 3 rings (SSSR count). The zero-order valence-electron chi connectivity index (χ0n) is 13.2. The molecule has 0 bridgehead atoms. The van der Waals surface area contributed by atoms with Gasteiger partial charge in [-0.25, -0.2) is 0 Å². The van der Waals surface area contributed by atoms with Gasteiger partial charge in [-0.2, -0.15) is 10.2 Å². The van der Waals surface area contributed by atoms with Gasteiger partial charge in [0.15, 0.2) is 0 Å². The first-order valence-corrected chi connectivity index (χ1v) is 8.08. The van der Waals surface area contributed by atoms with Crippen molar-refractivity contribution < 1.29 is 9.53 Å². The molecule has 0 radical (unpaired) electrons. The lowest BCUT2D eigenvalue weighted by Gasteiger charge is -2.47. The van der Waals surface area contributed by atoms with E-state index < -0.39 is 0 Å². The van der Waals surface area contributed by atoms with Crippen LogP contribution in [0.2, 0.25) is 0 Å². The average Bonchev–Trinajstić information content (AvgIpc) is 2.55. The van der Waals surface area contributed by atoms with E-state index in [0.29, 0.717) is 17.5 Å². The molecule has 3 heterocycles. The fourth-order valence-electron chi connectivity index (χ4n) is 3.46. The lowest BCUT2D eigenvalue weighted by Crippen LogP contribution is -2.62. The van der Waals surface area contributed by atoms with Crippen LogP contribution in [0.3, 0.4) is 0 Å². The molecule has 6 nitrogen and oxygen atoms in total. The molecular weight excluding hydrogens is 280 g/mol. The molecule has 1 aromatic heterocycles. The lowest BCUT2D eigenvalue weighted by atomic mass is 9.85. The summed E-state index contributed by atoms with van der Waals surface area (Å²) >= 11 is 0. The monoisotopic (exact) mass is 304 g/mol. The second kappa shape index (κ2) is 6.71. The number of amides is 1. The molecule has 120 valence electrons. The highest BCUT2D eigenvalue weighted by Gasteiger charge is 2.40. The smallest absolute Gasteiger partial charge is 0.253 e. The van der Waals surface area contributed by atoms with Gasteiger partial charge in [-0.15, -0.1) is 0 Å². The summed E-state index contributed by atoms with van der Waals surface area (Å²) in [7, 11) is 0. The zero-order valence-corrected chi connectivity index (χ0v) is 13.2. The van der Waals surface area contributed by atoms with Crippen molar-refractivity contribution in [2.45, 2.75) is 44.9 Å². The predicted octanol–water partition coefficient (Wildman–Crippen LogP) is 1.09. The van der Waals surface area contributed by atoms with Crippen LogP contribution in [0.4, 0.5) is 0 Å². The summed E-state index contributed by atoms with van der Waals surface area (Å²) in [5, 5.41) is 10.6. The molecule has 6 heteroatoms. The number of carbonyl (C=O) groups excluding carboxylic acids is 1. The molecule has 0 spiro atoms. The Morgan fingerprint density at radius 3 is 3.00 bits per heavy atom. The Kier molecular flexibility index (Phi) is 4.69. The van der Waals surface area contributed by atoms with Crippen LogP contribution in [-0.2, 0) is 4.74 Å². The second-order valence-corrected chi connectivity index (χ2v) is 6.50. The summed E-state index contributed by atoms with van der Waals surface area (Å²) < 4.78 is 5.99.